The molecule has 2 aromatic rings. The molecule has 0 aliphatic carbocycles. The summed E-state index contributed by atoms with van der Waals surface area (Å²) in [5.41, 5.74) is 3.26. The van der Waals surface area contributed by atoms with Crippen molar-refractivity contribution >= 4 is 11.6 Å². The lowest BCUT2D eigenvalue weighted by atomic mass is 10.0. The molecule has 0 saturated carbocycles. The van der Waals surface area contributed by atoms with E-state index in [1.54, 1.807) is 6.20 Å². The number of rotatable bonds is 1. The van der Waals surface area contributed by atoms with E-state index in [-0.39, 0.29) is 0 Å². The molecule has 0 radical (unpaired) electrons. The molecule has 1 heterocycles. The van der Waals surface area contributed by atoms with Gasteiger partial charge in [0.25, 0.3) is 0 Å². The normalized spacial score (nSPS) is 9.81. The van der Waals surface area contributed by atoms with E-state index in [1.807, 2.05) is 37.3 Å². The summed E-state index contributed by atoms with van der Waals surface area (Å²) in [6.45, 7) is 1.90. The highest BCUT2D eigenvalue weighted by Crippen LogP contribution is 2.25. The smallest absolute Gasteiger partial charge is 0.101 e. The molecule has 0 spiro atoms. The van der Waals surface area contributed by atoms with Gasteiger partial charge in [-0.3, -0.25) is 4.98 Å². The van der Waals surface area contributed by atoms with Crippen LogP contribution in [0.1, 0.15) is 11.3 Å². The lowest BCUT2D eigenvalue weighted by Gasteiger charge is -2.05. The van der Waals surface area contributed by atoms with E-state index >= 15 is 0 Å². The van der Waals surface area contributed by atoms with Gasteiger partial charge in [0.15, 0.2) is 0 Å². The number of nitriles is 1. The molecule has 1 aromatic carbocycles. The molecule has 0 unspecified atom stereocenters. The SMILES string of the molecule is Cc1cc(-c2cccc(Cl)c2)c(C#N)cn1. The van der Waals surface area contributed by atoms with Gasteiger partial charge in [0.2, 0.25) is 0 Å². The molecule has 16 heavy (non-hydrogen) atoms. The quantitative estimate of drug-likeness (QED) is 0.748. The predicted molar refractivity (Wildman–Crippen MR) is 64.1 cm³/mol. The van der Waals surface area contributed by atoms with Crippen LogP contribution in [-0.2, 0) is 0 Å². The topological polar surface area (TPSA) is 36.7 Å². The predicted octanol–water partition coefficient (Wildman–Crippen LogP) is 3.58. The molecular formula is C13H9ClN2. The average Bonchev–Trinajstić information content (AvgIpc) is 2.29. The Hall–Kier alpha value is -1.85. The van der Waals surface area contributed by atoms with Crippen LogP contribution in [0.15, 0.2) is 36.5 Å². The van der Waals surface area contributed by atoms with Crippen LogP contribution in [-0.4, -0.2) is 4.98 Å². The average molecular weight is 229 g/mol. The molecule has 2 rings (SSSR count). The Balaban J connectivity index is 2.64. The number of aromatic nitrogens is 1. The van der Waals surface area contributed by atoms with Crippen LogP contribution in [0.3, 0.4) is 0 Å². The van der Waals surface area contributed by atoms with Crippen molar-refractivity contribution < 1.29 is 0 Å². The molecule has 0 bridgehead atoms. The van der Waals surface area contributed by atoms with Gasteiger partial charge in [-0.25, -0.2) is 0 Å². The van der Waals surface area contributed by atoms with Gasteiger partial charge < -0.3 is 0 Å². The van der Waals surface area contributed by atoms with E-state index < -0.39 is 0 Å². The van der Waals surface area contributed by atoms with Crippen molar-refractivity contribution in [3.63, 3.8) is 0 Å². The van der Waals surface area contributed by atoms with Crippen LogP contribution in [0.25, 0.3) is 11.1 Å². The molecule has 2 nitrogen and oxygen atoms in total. The summed E-state index contributed by atoms with van der Waals surface area (Å²) in [5.74, 6) is 0. The van der Waals surface area contributed by atoms with Crippen LogP contribution in [0.5, 0.6) is 0 Å². The van der Waals surface area contributed by atoms with Crippen molar-refractivity contribution in [1.82, 2.24) is 4.98 Å². The number of hydrogen-bond acceptors (Lipinski definition) is 2. The maximum atomic E-state index is 9.02. The van der Waals surface area contributed by atoms with Gasteiger partial charge in [-0.1, -0.05) is 23.7 Å². The zero-order valence-electron chi connectivity index (χ0n) is 8.74. The van der Waals surface area contributed by atoms with Crippen LogP contribution in [0, 0.1) is 18.3 Å². The maximum absolute atomic E-state index is 9.02. The number of hydrogen-bond donors (Lipinski definition) is 0. The van der Waals surface area contributed by atoms with Gasteiger partial charge in [0, 0.05) is 22.5 Å². The highest BCUT2D eigenvalue weighted by Gasteiger charge is 2.06. The molecule has 3 heteroatoms. The fraction of sp³-hybridized carbons (Fsp3) is 0.0769. The standard InChI is InChI=1S/C13H9ClN2/c1-9-5-13(11(7-15)8-16-9)10-3-2-4-12(14)6-10/h2-6,8H,1H3. The zero-order valence-corrected chi connectivity index (χ0v) is 9.49. The van der Waals surface area contributed by atoms with Crippen molar-refractivity contribution in [2.24, 2.45) is 0 Å². The summed E-state index contributed by atoms with van der Waals surface area (Å²) >= 11 is 5.93. The van der Waals surface area contributed by atoms with E-state index in [0.29, 0.717) is 10.6 Å². The fourth-order valence-corrected chi connectivity index (χ4v) is 1.73. The molecule has 0 N–H and O–H groups in total. The van der Waals surface area contributed by atoms with E-state index in [4.69, 9.17) is 16.9 Å². The summed E-state index contributed by atoms with van der Waals surface area (Å²) in [6.07, 6.45) is 1.59. The number of benzene rings is 1. The summed E-state index contributed by atoms with van der Waals surface area (Å²) in [6, 6.07) is 11.5. The molecule has 0 amide bonds. The first kappa shape index (κ1) is 10.7. The minimum Gasteiger partial charge on any atom is -0.260 e. The highest BCUT2D eigenvalue weighted by molar-refractivity contribution is 6.30. The van der Waals surface area contributed by atoms with Gasteiger partial charge >= 0.3 is 0 Å². The summed E-state index contributed by atoms with van der Waals surface area (Å²) in [7, 11) is 0. The van der Waals surface area contributed by atoms with Crippen LogP contribution >= 0.6 is 11.6 Å². The Morgan fingerprint density at radius 3 is 2.81 bits per heavy atom. The molecule has 0 atom stereocenters. The Morgan fingerprint density at radius 2 is 2.12 bits per heavy atom. The van der Waals surface area contributed by atoms with Gasteiger partial charge in [0.1, 0.15) is 6.07 Å². The summed E-state index contributed by atoms with van der Waals surface area (Å²) in [4.78, 5) is 4.10. The monoisotopic (exact) mass is 228 g/mol. The third-order valence-corrected chi connectivity index (χ3v) is 2.53. The van der Waals surface area contributed by atoms with Gasteiger partial charge in [-0.15, -0.1) is 0 Å². The molecule has 0 saturated heterocycles. The number of pyridine rings is 1. The lowest BCUT2D eigenvalue weighted by molar-refractivity contribution is 1.19. The molecule has 0 fully saturated rings. The second-order valence-corrected chi connectivity index (χ2v) is 3.93. The molecule has 0 aliphatic rings. The second-order valence-electron chi connectivity index (χ2n) is 3.49. The van der Waals surface area contributed by atoms with E-state index in [0.717, 1.165) is 16.8 Å². The summed E-state index contributed by atoms with van der Waals surface area (Å²) in [5, 5.41) is 9.68. The summed E-state index contributed by atoms with van der Waals surface area (Å²) < 4.78 is 0. The first-order chi connectivity index (χ1) is 7.70. The second kappa shape index (κ2) is 4.34. The zero-order chi connectivity index (χ0) is 11.5. The van der Waals surface area contributed by atoms with Crippen LogP contribution in [0.4, 0.5) is 0 Å². The highest BCUT2D eigenvalue weighted by atomic mass is 35.5. The van der Waals surface area contributed by atoms with Gasteiger partial charge in [0.05, 0.1) is 5.56 Å². The maximum Gasteiger partial charge on any atom is 0.101 e. The Kier molecular flexibility index (Phi) is 2.89. The van der Waals surface area contributed by atoms with E-state index in [2.05, 4.69) is 11.1 Å². The minimum absolute atomic E-state index is 0.563. The van der Waals surface area contributed by atoms with Gasteiger partial charge in [-0.2, -0.15) is 5.26 Å². The third kappa shape index (κ3) is 2.05. The van der Waals surface area contributed by atoms with E-state index in [9.17, 15) is 0 Å². The first-order valence-corrected chi connectivity index (χ1v) is 5.21. The third-order valence-electron chi connectivity index (χ3n) is 2.30. The number of halogens is 1. The molecular weight excluding hydrogens is 220 g/mol. The van der Waals surface area contributed by atoms with Crippen molar-refractivity contribution in [2.45, 2.75) is 6.92 Å². The lowest BCUT2D eigenvalue weighted by Crippen LogP contribution is -1.89. The Labute approximate surface area is 99.1 Å². The largest absolute Gasteiger partial charge is 0.260 e. The van der Waals surface area contributed by atoms with Crippen LogP contribution < -0.4 is 0 Å². The van der Waals surface area contributed by atoms with Crippen molar-refractivity contribution in [2.75, 3.05) is 0 Å². The number of nitrogens with zero attached hydrogens (tertiary/aromatic N) is 2. The molecule has 0 aliphatic heterocycles. The minimum atomic E-state index is 0.563. The number of aryl methyl sites for hydroxylation is 1. The molecule has 1 aromatic heterocycles. The van der Waals surface area contributed by atoms with E-state index in [1.165, 1.54) is 0 Å². The Morgan fingerprint density at radius 1 is 1.31 bits per heavy atom. The van der Waals surface area contributed by atoms with Crippen molar-refractivity contribution in [3.8, 4) is 17.2 Å². The fourth-order valence-electron chi connectivity index (χ4n) is 1.54. The van der Waals surface area contributed by atoms with Crippen LogP contribution in [0.2, 0.25) is 5.02 Å². The molecule has 78 valence electrons. The van der Waals surface area contributed by atoms with Crippen molar-refractivity contribution in [1.29, 1.82) is 5.26 Å². The first-order valence-electron chi connectivity index (χ1n) is 4.83. The Bertz CT molecular complexity index is 570. The van der Waals surface area contributed by atoms with Gasteiger partial charge in [-0.05, 0) is 30.7 Å². The van der Waals surface area contributed by atoms with Crippen molar-refractivity contribution in [3.05, 3.63) is 52.8 Å².